The van der Waals surface area contributed by atoms with Crippen molar-refractivity contribution in [1.82, 2.24) is 5.32 Å². The maximum atomic E-state index is 11.7. The highest BCUT2D eigenvalue weighted by molar-refractivity contribution is 9.11. The number of carbonyl (C=O) groups is 1. The lowest BCUT2D eigenvalue weighted by molar-refractivity contribution is -0.124. The smallest absolute Gasteiger partial charge is 0.244 e. The third-order valence-electron chi connectivity index (χ3n) is 3.53. The highest BCUT2D eigenvalue weighted by Gasteiger charge is 2.47. The zero-order valence-electron chi connectivity index (χ0n) is 10.3. The van der Waals surface area contributed by atoms with Crippen molar-refractivity contribution in [3.63, 3.8) is 0 Å². The number of nitrogens with one attached hydrogen (secondary N) is 1. The number of aliphatic hydroxyl groups is 1. The van der Waals surface area contributed by atoms with Crippen LogP contribution in [0.3, 0.4) is 0 Å². The molecule has 0 spiro atoms. The Kier molecular flexibility index (Phi) is 3.94. The van der Waals surface area contributed by atoms with Crippen LogP contribution >= 0.6 is 27.3 Å². The van der Waals surface area contributed by atoms with Gasteiger partial charge in [0.05, 0.1) is 9.89 Å². The summed E-state index contributed by atoms with van der Waals surface area (Å²) >= 11 is 4.96. The summed E-state index contributed by atoms with van der Waals surface area (Å²) < 4.78 is 1.05. The van der Waals surface area contributed by atoms with Crippen LogP contribution in [0.5, 0.6) is 0 Å². The van der Waals surface area contributed by atoms with Crippen LogP contribution in [0.25, 0.3) is 6.08 Å². The second-order valence-electron chi connectivity index (χ2n) is 5.11. The zero-order valence-corrected chi connectivity index (χ0v) is 12.7. The molecule has 2 atom stereocenters. The van der Waals surface area contributed by atoms with E-state index in [1.54, 1.807) is 23.5 Å². The van der Waals surface area contributed by atoms with Gasteiger partial charge in [0.1, 0.15) is 0 Å². The van der Waals surface area contributed by atoms with Crippen molar-refractivity contribution in [3.8, 4) is 0 Å². The average Bonchev–Trinajstić information content (AvgIpc) is 2.72. The summed E-state index contributed by atoms with van der Waals surface area (Å²) in [6.45, 7) is 3.93. The fraction of sp³-hybridized carbons (Fsp3) is 0.462. The number of aliphatic hydroxyl groups excluding tert-OH is 1. The molecule has 0 aromatic carbocycles. The summed E-state index contributed by atoms with van der Waals surface area (Å²) in [4.78, 5) is 12.8. The number of carbonyl (C=O) groups excluding carboxylic acids is 1. The lowest BCUT2D eigenvalue weighted by Gasteiger charge is -2.49. The molecule has 5 heteroatoms. The quantitative estimate of drug-likeness (QED) is 0.838. The number of hydrogen-bond acceptors (Lipinski definition) is 3. The zero-order chi connectivity index (χ0) is 13.3. The molecule has 0 aliphatic heterocycles. The van der Waals surface area contributed by atoms with Crippen molar-refractivity contribution in [1.29, 1.82) is 0 Å². The number of rotatable bonds is 3. The fourth-order valence-corrected chi connectivity index (χ4v) is 3.27. The second-order valence-corrected chi connectivity index (χ2v) is 7.60. The molecule has 1 heterocycles. The Labute approximate surface area is 119 Å². The predicted molar refractivity (Wildman–Crippen MR) is 77.4 cm³/mol. The van der Waals surface area contributed by atoms with Crippen LogP contribution in [0.4, 0.5) is 0 Å². The Hall–Kier alpha value is -0.650. The van der Waals surface area contributed by atoms with Crippen LogP contribution in [-0.4, -0.2) is 23.2 Å². The largest absolute Gasteiger partial charge is 0.392 e. The summed E-state index contributed by atoms with van der Waals surface area (Å²) in [6.07, 6.45) is 3.66. The van der Waals surface area contributed by atoms with E-state index in [0.717, 1.165) is 8.66 Å². The molecule has 2 N–H and O–H groups in total. The molecule has 1 aliphatic rings. The second kappa shape index (κ2) is 5.15. The molecular weight excluding hydrogens is 314 g/mol. The first kappa shape index (κ1) is 13.8. The first-order valence-electron chi connectivity index (χ1n) is 5.81. The van der Waals surface area contributed by atoms with E-state index in [1.165, 1.54) is 0 Å². The molecule has 2 unspecified atom stereocenters. The van der Waals surface area contributed by atoms with E-state index in [2.05, 4.69) is 21.2 Å². The van der Waals surface area contributed by atoms with Gasteiger partial charge in [0.2, 0.25) is 5.91 Å². The van der Waals surface area contributed by atoms with Gasteiger partial charge in [0, 0.05) is 22.4 Å². The molecule has 0 saturated heterocycles. The van der Waals surface area contributed by atoms with E-state index >= 15 is 0 Å². The molecule has 3 nitrogen and oxygen atoms in total. The van der Waals surface area contributed by atoms with Crippen molar-refractivity contribution in [2.24, 2.45) is 5.41 Å². The molecule has 1 fully saturated rings. The summed E-state index contributed by atoms with van der Waals surface area (Å²) in [5.41, 5.74) is -0.227. The maximum absolute atomic E-state index is 11.7. The monoisotopic (exact) mass is 329 g/mol. The Morgan fingerprint density at radius 3 is 2.83 bits per heavy atom. The molecule has 0 radical (unpaired) electrons. The van der Waals surface area contributed by atoms with Crippen molar-refractivity contribution >= 4 is 39.2 Å². The van der Waals surface area contributed by atoms with Gasteiger partial charge in [-0.1, -0.05) is 13.8 Å². The lowest BCUT2D eigenvalue weighted by atomic mass is 9.64. The van der Waals surface area contributed by atoms with Gasteiger partial charge in [0.15, 0.2) is 0 Å². The van der Waals surface area contributed by atoms with Crippen molar-refractivity contribution < 1.29 is 9.90 Å². The minimum absolute atomic E-state index is 0.0553. The summed E-state index contributed by atoms with van der Waals surface area (Å²) in [6, 6.07) is 3.96. The van der Waals surface area contributed by atoms with E-state index in [4.69, 9.17) is 0 Å². The van der Waals surface area contributed by atoms with Crippen LogP contribution in [0.15, 0.2) is 22.0 Å². The van der Waals surface area contributed by atoms with Gasteiger partial charge < -0.3 is 10.4 Å². The third-order valence-corrected chi connectivity index (χ3v) is 5.11. The standard InChI is InChI=1S/C13H16BrNO2S/c1-13(2)9(7-10(13)16)15-12(17)6-4-8-3-5-11(14)18-8/h3-6,9-10,16H,7H2,1-2H3,(H,15,17)/b6-4+. The minimum atomic E-state index is -0.319. The SMILES string of the molecule is CC1(C)C(O)CC1NC(=O)/C=C/c1ccc(Br)s1. The van der Waals surface area contributed by atoms with Crippen LogP contribution in [0.1, 0.15) is 25.1 Å². The molecule has 2 rings (SSSR count). The Bertz CT molecular complexity index is 481. The lowest BCUT2D eigenvalue weighted by Crippen LogP contribution is -2.60. The minimum Gasteiger partial charge on any atom is -0.392 e. The first-order valence-corrected chi connectivity index (χ1v) is 7.42. The molecule has 98 valence electrons. The fourth-order valence-electron chi connectivity index (χ4n) is 1.94. The van der Waals surface area contributed by atoms with Crippen molar-refractivity contribution in [3.05, 3.63) is 26.9 Å². The van der Waals surface area contributed by atoms with Gasteiger partial charge in [-0.3, -0.25) is 4.79 Å². The molecular formula is C13H16BrNO2S. The van der Waals surface area contributed by atoms with Gasteiger partial charge >= 0.3 is 0 Å². The normalized spacial score (nSPS) is 26.0. The summed E-state index contributed by atoms with van der Waals surface area (Å²) in [7, 11) is 0. The molecule has 1 aliphatic carbocycles. The van der Waals surface area contributed by atoms with Crippen molar-refractivity contribution in [2.45, 2.75) is 32.4 Å². The summed E-state index contributed by atoms with van der Waals surface area (Å²) in [5, 5.41) is 12.5. The molecule has 0 bridgehead atoms. The number of thiophene rings is 1. The molecule has 1 aromatic rings. The Morgan fingerprint density at radius 2 is 2.33 bits per heavy atom. The van der Waals surface area contributed by atoms with Gasteiger partial charge in [-0.15, -0.1) is 11.3 Å². The van der Waals surface area contributed by atoms with Gasteiger partial charge in [0.25, 0.3) is 0 Å². The Morgan fingerprint density at radius 1 is 1.61 bits per heavy atom. The van der Waals surface area contributed by atoms with Crippen LogP contribution < -0.4 is 5.32 Å². The highest BCUT2D eigenvalue weighted by Crippen LogP contribution is 2.40. The van der Waals surface area contributed by atoms with Crippen LogP contribution in [0.2, 0.25) is 0 Å². The van der Waals surface area contributed by atoms with E-state index in [1.807, 2.05) is 26.0 Å². The van der Waals surface area contributed by atoms with Gasteiger partial charge in [-0.25, -0.2) is 0 Å². The molecule has 18 heavy (non-hydrogen) atoms. The van der Waals surface area contributed by atoms with E-state index in [0.29, 0.717) is 6.42 Å². The van der Waals surface area contributed by atoms with E-state index < -0.39 is 0 Å². The third kappa shape index (κ3) is 2.84. The molecule has 1 saturated carbocycles. The van der Waals surface area contributed by atoms with Gasteiger partial charge in [-0.05, 0) is 40.6 Å². The molecule has 1 aromatic heterocycles. The maximum Gasteiger partial charge on any atom is 0.244 e. The van der Waals surface area contributed by atoms with Gasteiger partial charge in [-0.2, -0.15) is 0 Å². The summed E-state index contributed by atoms with van der Waals surface area (Å²) in [5.74, 6) is -0.107. The van der Waals surface area contributed by atoms with Crippen LogP contribution in [-0.2, 0) is 4.79 Å². The first-order chi connectivity index (χ1) is 8.39. The number of halogens is 1. The topological polar surface area (TPSA) is 49.3 Å². The molecule has 1 amide bonds. The van der Waals surface area contributed by atoms with E-state index in [-0.39, 0.29) is 23.5 Å². The number of amides is 1. The van der Waals surface area contributed by atoms with Crippen LogP contribution in [0, 0.1) is 5.41 Å². The van der Waals surface area contributed by atoms with Crippen molar-refractivity contribution in [2.75, 3.05) is 0 Å². The highest BCUT2D eigenvalue weighted by atomic mass is 79.9. The average molecular weight is 330 g/mol. The number of hydrogen-bond donors (Lipinski definition) is 2. The predicted octanol–water partition coefficient (Wildman–Crippen LogP) is 2.80. The van der Waals surface area contributed by atoms with E-state index in [9.17, 15) is 9.90 Å². The Balaban J connectivity index is 1.88.